The lowest BCUT2D eigenvalue weighted by molar-refractivity contribution is -0.122. The van der Waals surface area contributed by atoms with Crippen LogP contribution in [0.3, 0.4) is 0 Å². The number of hydrogen-bond acceptors (Lipinski definition) is 4. The molecule has 0 heterocycles. The number of hydrogen-bond donors (Lipinski definition) is 2. The van der Waals surface area contributed by atoms with E-state index in [2.05, 4.69) is 10.6 Å². The number of carbonyl (C=O) groups excluding carboxylic acids is 2. The molecule has 2 N–H and O–H groups in total. The third kappa shape index (κ3) is 5.56. The maximum absolute atomic E-state index is 13.6. The molecule has 178 valence electrons. The zero-order chi connectivity index (χ0) is 24.2. The van der Waals surface area contributed by atoms with Crippen molar-refractivity contribution in [3.63, 3.8) is 0 Å². The fourth-order valence-electron chi connectivity index (χ4n) is 3.94. The Kier molecular flexibility index (Phi) is 7.80. The lowest BCUT2D eigenvalue weighted by Gasteiger charge is -2.30. The number of nitrogens with one attached hydrogen (secondary N) is 2. The number of benzene rings is 2. The number of amides is 2. The molecule has 10 heteroatoms. The van der Waals surface area contributed by atoms with E-state index in [1.54, 1.807) is 7.05 Å². The van der Waals surface area contributed by atoms with Crippen LogP contribution in [-0.4, -0.2) is 44.7 Å². The van der Waals surface area contributed by atoms with Crippen LogP contribution in [0.1, 0.15) is 54.1 Å². The number of halogens is 2. The van der Waals surface area contributed by atoms with Gasteiger partial charge in [-0.15, -0.1) is 0 Å². The topological polar surface area (TPSA) is 95.6 Å². The van der Waals surface area contributed by atoms with Gasteiger partial charge in [0.05, 0.1) is 4.90 Å². The fraction of sp³-hybridized carbons (Fsp3) is 0.391. The van der Waals surface area contributed by atoms with Crippen LogP contribution in [0.4, 0.5) is 8.78 Å². The molecule has 0 spiro atoms. The summed E-state index contributed by atoms with van der Waals surface area (Å²) in [5.41, 5.74) is 0.181. The monoisotopic (exact) mass is 479 g/mol. The number of rotatable bonds is 7. The molecule has 7 nitrogen and oxygen atoms in total. The molecule has 1 unspecified atom stereocenters. The molecule has 1 fully saturated rings. The van der Waals surface area contributed by atoms with Crippen LogP contribution < -0.4 is 10.6 Å². The number of carbonyl (C=O) groups is 2. The van der Waals surface area contributed by atoms with Crippen molar-refractivity contribution in [2.24, 2.45) is 0 Å². The Morgan fingerprint density at radius 1 is 1.00 bits per heavy atom. The second-order valence-corrected chi connectivity index (χ2v) is 10.0. The van der Waals surface area contributed by atoms with Crippen LogP contribution in [0.2, 0.25) is 0 Å². The first-order valence-electron chi connectivity index (χ1n) is 10.7. The first kappa shape index (κ1) is 24.8. The van der Waals surface area contributed by atoms with Gasteiger partial charge < -0.3 is 10.6 Å². The number of nitrogens with zero attached hydrogens (tertiary/aromatic N) is 1. The van der Waals surface area contributed by atoms with Crippen molar-refractivity contribution in [3.05, 3.63) is 65.2 Å². The Morgan fingerprint density at radius 2 is 1.64 bits per heavy atom. The predicted molar refractivity (Wildman–Crippen MR) is 119 cm³/mol. The lowest BCUT2D eigenvalue weighted by atomic mass is 9.96. The van der Waals surface area contributed by atoms with Gasteiger partial charge in [-0.3, -0.25) is 9.59 Å². The van der Waals surface area contributed by atoms with E-state index >= 15 is 0 Å². The summed E-state index contributed by atoms with van der Waals surface area (Å²) in [6, 6.07) is 6.99. The molecule has 2 aromatic carbocycles. The normalized spacial score (nSPS) is 15.8. The Hall–Kier alpha value is -2.85. The van der Waals surface area contributed by atoms with E-state index in [-0.39, 0.29) is 22.1 Å². The number of sulfonamides is 1. The van der Waals surface area contributed by atoms with E-state index in [1.165, 1.54) is 41.7 Å². The zero-order valence-electron chi connectivity index (χ0n) is 18.5. The minimum absolute atomic E-state index is 0.0452. The fourth-order valence-corrected chi connectivity index (χ4v) is 5.35. The average Bonchev–Trinajstić information content (AvgIpc) is 2.83. The highest BCUT2D eigenvalue weighted by molar-refractivity contribution is 7.89. The van der Waals surface area contributed by atoms with Crippen LogP contribution in [0.15, 0.2) is 47.4 Å². The summed E-state index contributed by atoms with van der Waals surface area (Å²) in [6.07, 6.45) is 4.74. The minimum Gasteiger partial charge on any atom is -0.357 e. The standard InChI is InChI=1S/C23H27F2N3O4S/c1-26-23(30)21(16-10-13-19(24)20(25)14-16)27-22(29)15-8-11-18(12-9-15)33(31,32)28(2)17-6-4-3-5-7-17/h8-14,17,21H,3-7H2,1-2H3,(H,26,30)(H,27,29). The summed E-state index contributed by atoms with van der Waals surface area (Å²) in [6.45, 7) is 0. The maximum Gasteiger partial charge on any atom is 0.252 e. The predicted octanol–water partition coefficient (Wildman–Crippen LogP) is 3.14. The SMILES string of the molecule is CNC(=O)C(NC(=O)c1ccc(S(=O)(=O)N(C)C2CCCCC2)cc1)c1ccc(F)c(F)c1. The summed E-state index contributed by atoms with van der Waals surface area (Å²) >= 11 is 0. The van der Waals surface area contributed by atoms with E-state index in [9.17, 15) is 26.8 Å². The molecule has 1 aliphatic carbocycles. The minimum atomic E-state index is -3.71. The Balaban J connectivity index is 1.78. The molecule has 2 aromatic rings. The maximum atomic E-state index is 13.6. The van der Waals surface area contributed by atoms with E-state index in [0.29, 0.717) is 0 Å². The third-order valence-electron chi connectivity index (χ3n) is 5.94. The van der Waals surface area contributed by atoms with E-state index in [0.717, 1.165) is 44.2 Å². The third-order valence-corrected chi connectivity index (χ3v) is 7.87. The summed E-state index contributed by atoms with van der Waals surface area (Å²) < 4.78 is 54.2. The molecule has 3 rings (SSSR count). The highest BCUT2D eigenvalue weighted by Gasteiger charge is 2.29. The van der Waals surface area contributed by atoms with Crippen molar-refractivity contribution in [3.8, 4) is 0 Å². The van der Waals surface area contributed by atoms with Gasteiger partial charge in [-0.25, -0.2) is 17.2 Å². The molecular formula is C23H27F2N3O4S. The molecule has 0 saturated heterocycles. The molecule has 0 bridgehead atoms. The van der Waals surface area contributed by atoms with Gasteiger partial charge in [0.15, 0.2) is 11.6 Å². The van der Waals surface area contributed by atoms with Crippen LogP contribution >= 0.6 is 0 Å². The average molecular weight is 480 g/mol. The second kappa shape index (κ2) is 10.4. The van der Waals surface area contributed by atoms with Crippen molar-refractivity contribution in [2.75, 3.05) is 14.1 Å². The Labute approximate surface area is 192 Å². The van der Waals surface area contributed by atoms with Gasteiger partial charge >= 0.3 is 0 Å². The van der Waals surface area contributed by atoms with Gasteiger partial charge in [-0.1, -0.05) is 25.3 Å². The molecule has 0 aromatic heterocycles. The van der Waals surface area contributed by atoms with Crippen molar-refractivity contribution >= 4 is 21.8 Å². The first-order chi connectivity index (χ1) is 15.6. The van der Waals surface area contributed by atoms with Crippen molar-refractivity contribution in [1.82, 2.24) is 14.9 Å². The van der Waals surface area contributed by atoms with E-state index in [4.69, 9.17) is 0 Å². The Bertz CT molecular complexity index is 1120. The van der Waals surface area contributed by atoms with Gasteiger partial charge in [0.2, 0.25) is 15.9 Å². The lowest BCUT2D eigenvalue weighted by Crippen LogP contribution is -2.39. The second-order valence-electron chi connectivity index (χ2n) is 8.03. The van der Waals surface area contributed by atoms with E-state index < -0.39 is 39.5 Å². The summed E-state index contributed by atoms with van der Waals surface area (Å²) in [5, 5.41) is 4.85. The number of likely N-dealkylation sites (N-methyl/N-ethyl adjacent to an activating group) is 1. The summed E-state index contributed by atoms with van der Waals surface area (Å²) in [4.78, 5) is 25.0. The van der Waals surface area contributed by atoms with Crippen LogP contribution in [0.5, 0.6) is 0 Å². The molecule has 0 radical (unpaired) electrons. The highest BCUT2D eigenvalue weighted by Crippen LogP contribution is 2.26. The summed E-state index contributed by atoms with van der Waals surface area (Å²) in [7, 11) is -0.791. The van der Waals surface area contributed by atoms with Crippen molar-refractivity contribution in [2.45, 2.75) is 49.1 Å². The molecule has 1 atom stereocenters. The largest absolute Gasteiger partial charge is 0.357 e. The van der Waals surface area contributed by atoms with E-state index in [1.807, 2.05) is 0 Å². The highest BCUT2D eigenvalue weighted by atomic mass is 32.2. The molecule has 33 heavy (non-hydrogen) atoms. The van der Waals surface area contributed by atoms with Crippen LogP contribution in [0, 0.1) is 11.6 Å². The van der Waals surface area contributed by atoms with Gasteiger partial charge in [0, 0.05) is 25.7 Å². The molecule has 1 aliphatic rings. The van der Waals surface area contributed by atoms with Gasteiger partial charge in [0.25, 0.3) is 5.91 Å². The first-order valence-corrected chi connectivity index (χ1v) is 12.1. The summed E-state index contributed by atoms with van der Waals surface area (Å²) in [5.74, 6) is -3.51. The zero-order valence-corrected chi connectivity index (χ0v) is 19.3. The van der Waals surface area contributed by atoms with Crippen LogP contribution in [-0.2, 0) is 14.8 Å². The quantitative estimate of drug-likeness (QED) is 0.638. The molecule has 0 aliphatic heterocycles. The van der Waals surface area contributed by atoms with Crippen molar-refractivity contribution in [1.29, 1.82) is 0 Å². The van der Waals surface area contributed by atoms with Gasteiger partial charge in [0.1, 0.15) is 6.04 Å². The molecule has 1 saturated carbocycles. The van der Waals surface area contributed by atoms with Gasteiger partial charge in [-0.2, -0.15) is 4.31 Å². The molecular weight excluding hydrogens is 452 g/mol. The Morgan fingerprint density at radius 3 is 2.21 bits per heavy atom. The van der Waals surface area contributed by atoms with Crippen LogP contribution in [0.25, 0.3) is 0 Å². The van der Waals surface area contributed by atoms with Gasteiger partial charge in [-0.05, 0) is 54.8 Å². The van der Waals surface area contributed by atoms with Crippen molar-refractivity contribution < 1.29 is 26.8 Å². The smallest absolute Gasteiger partial charge is 0.252 e. The molecule has 2 amide bonds.